The molecule has 1 aromatic carbocycles. The number of rotatable bonds is 9. The minimum Gasteiger partial charge on any atom is -0.361 e. The van der Waals surface area contributed by atoms with Crippen LogP contribution >= 0.6 is 0 Å². The van der Waals surface area contributed by atoms with Crippen molar-refractivity contribution in [3.05, 3.63) is 35.5 Å². The number of carbonyl (C=O) groups excluding carboxylic acids is 3. The molecule has 6 heteroatoms. The summed E-state index contributed by atoms with van der Waals surface area (Å²) < 4.78 is 0. The topological polar surface area (TPSA) is 91.1 Å². The van der Waals surface area contributed by atoms with Gasteiger partial charge in [-0.3, -0.25) is 14.4 Å². The second kappa shape index (κ2) is 8.58. The minimum absolute atomic E-state index is 0.0157. The van der Waals surface area contributed by atoms with Crippen molar-refractivity contribution in [3.8, 4) is 0 Å². The zero-order valence-electron chi connectivity index (χ0n) is 14.9. The van der Waals surface area contributed by atoms with Crippen molar-refractivity contribution >= 4 is 28.4 Å². The van der Waals surface area contributed by atoms with Crippen molar-refractivity contribution in [3.63, 3.8) is 0 Å². The minimum atomic E-state index is -0.558. The molecule has 0 saturated carbocycles. The van der Waals surface area contributed by atoms with Crippen molar-refractivity contribution in [2.45, 2.75) is 39.2 Å². The maximum absolute atomic E-state index is 12.1. The second-order valence-corrected chi connectivity index (χ2v) is 6.13. The molecule has 0 aliphatic rings. The molecule has 6 nitrogen and oxygen atoms in total. The number of nitrogens with one attached hydrogen (secondary N) is 3. The number of ketones is 2. The molecule has 3 N–H and O–H groups in total. The average molecular weight is 343 g/mol. The molecule has 0 spiro atoms. The number of amides is 1. The standard InChI is InChI=1S/C19H25N3O3/c1-4-5-17(20-3)18(24)19(25)21-9-8-14-11-22-16-7-6-13(12(2)23)10-15(14)16/h6-7,10-11,17,20,22H,4-5,8-9H2,1-3H3,(H,21,25). The van der Waals surface area contributed by atoms with Gasteiger partial charge in [-0.1, -0.05) is 13.3 Å². The van der Waals surface area contributed by atoms with E-state index in [0.29, 0.717) is 24.9 Å². The van der Waals surface area contributed by atoms with E-state index in [2.05, 4.69) is 15.6 Å². The van der Waals surface area contributed by atoms with E-state index in [9.17, 15) is 14.4 Å². The zero-order chi connectivity index (χ0) is 18.4. The number of aromatic amines is 1. The van der Waals surface area contributed by atoms with Crippen LogP contribution in [0.1, 0.15) is 42.6 Å². The Morgan fingerprint density at radius 1 is 1.24 bits per heavy atom. The van der Waals surface area contributed by atoms with E-state index in [0.717, 1.165) is 22.9 Å². The summed E-state index contributed by atoms with van der Waals surface area (Å²) in [7, 11) is 1.68. The fourth-order valence-corrected chi connectivity index (χ4v) is 2.86. The number of likely N-dealkylation sites (N-methyl/N-ethyl adjacent to an activating group) is 1. The van der Waals surface area contributed by atoms with Gasteiger partial charge in [0.25, 0.3) is 5.91 Å². The van der Waals surface area contributed by atoms with E-state index < -0.39 is 17.7 Å². The summed E-state index contributed by atoms with van der Waals surface area (Å²) in [5.74, 6) is -0.971. The molecule has 1 amide bonds. The first-order valence-corrected chi connectivity index (χ1v) is 8.58. The number of hydrogen-bond donors (Lipinski definition) is 3. The van der Waals surface area contributed by atoms with Crippen LogP contribution in [-0.2, 0) is 16.0 Å². The van der Waals surface area contributed by atoms with Gasteiger partial charge >= 0.3 is 0 Å². The molecule has 1 aromatic heterocycles. The van der Waals surface area contributed by atoms with Crippen molar-refractivity contribution in [2.75, 3.05) is 13.6 Å². The Kier molecular flexibility index (Phi) is 6.47. The molecular formula is C19H25N3O3. The lowest BCUT2D eigenvalue weighted by Gasteiger charge is -2.13. The molecule has 0 saturated heterocycles. The summed E-state index contributed by atoms with van der Waals surface area (Å²) in [6.45, 7) is 3.88. The molecule has 1 heterocycles. The molecule has 0 bridgehead atoms. The molecule has 1 unspecified atom stereocenters. The molecule has 2 rings (SSSR count). The fraction of sp³-hybridized carbons (Fsp3) is 0.421. The van der Waals surface area contributed by atoms with Crippen molar-refractivity contribution in [1.29, 1.82) is 0 Å². The van der Waals surface area contributed by atoms with Gasteiger partial charge in [-0.25, -0.2) is 0 Å². The zero-order valence-corrected chi connectivity index (χ0v) is 14.9. The largest absolute Gasteiger partial charge is 0.361 e. The molecule has 1 atom stereocenters. The number of benzene rings is 1. The maximum Gasteiger partial charge on any atom is 0.289 e. The Morgan fingerprint density at radius 2 is 2.00 bits per heavy atom. The van der Waals surface area contributed by atoms with E-state index in [-0.39, 0.29) is 5.78 Å². The van der Waals surface area contributed by atoms with E-state index in [1.54, 1.807) is 13.1 Å². The van der Waals surface area contributed by atoms with E-state index in [1.165, 1.54) is 6.92 Å². The molecule has 134 valence electrons. The SMILES string of the molecule is CCCC(NC)C(=O)C(=O)NCCc1c[nH]c2ccc(C(C)=O)cc12. The molecule has 2 aromatic rings. The number of carbonyl (C=O) groups is 3. The van der Waals surface area contributed by atoms with Crippen LogP contribution in [0, 0.1) is 0 Å². The first-order chi connectivity index (χ1) is 12.0. The maximum atomic E-state index is 12.1. The summed E-state index contributed by atoms with van der Waals surface area (Å²) in [5.41, 5.74) is 2.61. The Morgan fingerprint density at radius 3 is 2.64 bits per heavy atom. The number of aromatic nitrogens is 1. The van der Waals surface area contributed by atoms with E-state index in [4.69, 9.17) is 0 Å². The van der Waals surface area contributed by atoms with Gasteiger partial charge in [0, 0.05) is 29.2 Å². The van der Waals surface area contributed by atoms with Crippen LogP contribution < -0.4 is 10.6 Å². The van der Waals surface area contributed by atoms with Gasteiger partial charge in [0.15, 0.2) is 5.78 Å². The Hall–Kier alpha value is -2.47. The number of H-pyrrole nitrogens is 1. The van der Waals surface area contributed by atoms with Gasteiger partial charge in [-0.15, -0.1) is 0 Å². The predicted molar refractivity (Wildman–Crippen MR) is 97.8 cm³/mol. The highest BCUT2D eigenvalue weighted by atomic mass is 16.2. The molecule has 0 fully saturated rings. The van der Waals surface area contributed by atoms with Crippen LogP contribution in [0.4, 0.5) is 0 Å². The van der Waals surface area contributed by atoms with Crippen molar-refractivity contribution in [2.24, 2.45) is 0 Å². The van der Waals surface area contributed by atoms with E-state index >= 15 is 0 Å². The summed E-state index contributed by atoms with van der Waals surface area (Å²) in [5, 5.41) is 6.53. The van der Waals surface area contributed by atoms with Gasteiger partial charge in [-0.2, -0.15) is 0 Å². The van der Waals surface area contributed by atoms with Gasteiger partial charge in [0.05, 0.1) is 6.04 Å². The first kappa shape index (κ1) is 18.9. The van der Waals surface area contributed by atoms with Crippen molar-refractivity contribution < 1.29 is 14.4 Å². The normalized spacial score (nSPS) is 12.1. The van der Waals surface area contributed by atoms with Crippen LogP contribution in [0.3, 0.4) is 0 Å². The van der Waals surface area contributed by atoms with E-state index in [1.807, 2.05) is 25.3 Å². The molecule has 0 aliphatic heterocycles. The number of Topliss-reactive ketones (excluding diaryl/α,β-unsaturated/α-hetero) is 2. The smallest absolute Gasteiger partial charge is 0.289 e. The summed E-state index contributed by atoms with van der Waals surface area (Å²) >= 11 is 0. The predicted octanol–water partition coefficient (Wildman–Crippen LogP) is 1.99. The van der Waals surface area contributed by atoms with Crippen molar-refractivity contribution in [1.82, 2.24) is 15.6 Å². The summed E-state index contributed by atoms with van der Waals surface area (Å²) in [6, 6.07) is 5.09. The highest BCUT2D eigenvalue weighted by molar-refractivity contribution is 6.38. The van der Waals surface area contributed by atoms with Gasteiger partial charge < -0.3 is 15.6 Å². The van der Waals surface area contributed by atoms with Gasteiger partial charge in [0.2, 0.25) is 5.78 Å². The Balaban J connectivity index is 1.98. The first-order valence-electron chi connectivity index (χ1n) is 8.58. The quantitative estimate of drug-likeness (QED) is 0.480. The molecular weight excluding hydrogens is 318 g/mol. The Bertz CT molecular complexity index is 779. The highest BCUT2D eigenvalue weighted by Gasteiger charge is 2.22. The third kappa shape index (κ3) is 4.54. The lowest BCUT2D eigenvalue weighted by molar-refractivity contribution is -0.139. The van der Waals surface area contributed by atoms with Gasteiger partial charge in [0.1, 0.15) is 0 Å². The highest BCUT2D eigenvalue weighted by Crippen LogP contribution is 2.20. The Labute approximate surface area is 147 Å². The third-order valence-corrected chi connectivity index (χ3v) is 4.32. The second-order valence-electron chi connectivity index (χ2n) is 6.13. The van der Waals surface area contributed by atoms with Crippen LogP contribution in [0.5, 0.6) is 0 Å². The average Bonchev–Trinajstić information content (AvgIpc) is 3.01. The van der Waals surface area contributed by atoms with Crippen LogP contribution in [0.15, 0.2) is 24.4 Å². The molecule has 25 heavy (non-hydrogen) atoms. The molecule has 0 radical (unpaired) electrons. The van der Waals surface area contributed by atoms with Crippen LogP contribution in [0.25, 0.3) is 10.9 Å². The summed E-state index contributed by atoms with van der Waals surface area (Å²) in [4.78, 5) is 38.8. The fourth-order valence-electron chi connectivity index (χ4n) is 2.86. The lowest BCUT2D eigenvalue weighted by atomic mass is 10.0. The third-order valence-electron chi connectivity index (χ3n) is 4.32. The number of fused-ring (bicyclic) bond motifs is 1. The van der Waals surface area contributed by atoms with Crippen LogP contribution in [-0.4, -0.2) is 42.1 Å². The lowest BCUT2D eigenvalue weighted by Crippen LogP contribution is -2.44. The van der Waals surface area contributed by atoms with Crippen LogP contribution in [0.2, 0.25) is 0 Å². The van der Waals surface area contributed by atoms with Gasteiger partial charge in [-0.05, 0) is 50.6 Å². The molecule has 0 aliphatic carbocycles. The number of hydrogen-bond acceptors (Lipinski definition) is 4. The summed E-state index contributed by atoms with van der Waals surface area (Å²) in [6.07, 6.45) is 3.92. The monoisotopic (exact) mass is 343 g/mol.